The molecule has 3 N–H and O–H groups in total. The van der Waals surface area contributed by atoms with Gasteiger partial charge in [0.25, 0.3) is 0 Å². The number of nitrogens with one attached hydrogen (secondary N) is 1. The average Bonchev–Trinajstić information content (AvgIpc) is 2.42. The molecule has 6 heteroatoms. The molecule has 0 aliphatic carbocycles. The van der Waals surface area contributed by atoms with E-state index in [0.717, 1.165) is 11.1 Å². The molecule has 0 unspecified atom stereocenters. The van der Waals surface area contributed by atoms with Gasteiger partial charge in [0.1, 0.15) is 0 Å². The SMILES string of the molecule is COC(=O)CCC(=O)NCc1ccc(CN)cc1.Cl. The lowest BCUT2D eigenvalue weighted by Crippen LogP contribution is -2.23. The third kappa shape index (κ3) is 6.79. The van der Waals surface area contributed by atoms with E-state index in [9.17, 15) is 9.59 Å². The number of carbonyl (C=O) groups is 2. The van der Waals surface area contributed by atoms with Crippen LogP contribution in [0.4, 0.5) is 0 Å². The lowest BCUT2D eigenvalue weighted by molar-refractivity contribution is -0.142. The number of carbonyl (C=O) groups excluding carboxylic acids is 2. The Balaban J connectivity index is 0.00000324. The number of rotatable bonds is 6. The van der Waals surface area contributed by atoms with Crippen LogP contribution in [0.1, 0.15) is 24.0 Å². The molecular formula is C13H19ClN2O3. The minimum atomic E-state index is -0.377. The van der Waals surface area contributed by atoms with Gasteiger partial charge in [-0.15, -0.1) is 12.4 Å². The van der Waals surface area contributed by atoms with Gasteiger partial charge in [0.05, 0.1) is 13.5 Å². The van der Waals surface area contributed by atoms with E-state index in [2.05, 4.69) is 10.1 Å². The second-order valence-electron chi connectivity index (χ2n) is 3.87. The predicted molar refractivity (Wildman–Crippen MR) is 74.7 cm³/mol. The summed E-state index contributed by atoms with van der Waals surface area (Å²) in [6, 6.07) is 7.69. The summed E-state index contributed by atoms with van der Waals surface area (Å²) < 4.78 is 4.46. The van der Waals surface area contributed by atoms with Gasteiger partial charge < -0.3 is 15.8 Å². The van der Waals surface area contributed by atoms with Gasteiger partial charge in [0.15, 0.2) is 0 Å². The number of esters is 1. The van der Waals surface area contributed by atoms with E-state index in [-0.39, 0.29) is 37.1 Å². The van der Waals surface area contributed by atoms with E-state index in [1.165, 1.54) is 7.11 Å². The van der Waals surface area contributed by atoms with Crippen molar-refractivity contribution in [3.63, 3.8) is 0 Å². The monoisotopic (exact) mass is 286 g/mol. The van der Waals surface area contributed by atoms with Gasteiger partial charge in [-0.05, 0) is 11.1 Å². The fourth-order valence-electron chi connectivity index (χ4n) is 1.40. The standard InChI is InChI=1S/C13H18N2O3.ClH/c1-18-13(17)7-6-12(16)15-9-11-4-2-10(8-14)3-5-11;/h2-5H,6-9,14H2,1H3,(H,15,16);1H. The molecule has 1 amide bonds. The van der Waals surface area contributed by atoms with E-state index in [4.69, 9.17) is 5.73 Å². The first-order valence-corrected chi connectivity index (χ1v) is 5.77. The van der Waals surface area contributed by atoms with Gasteiger partial charge in [0, 0.05) is 19.5 Å². The molecule has 1 rings (SSSR count). The van der Waals surface area contributed by atoms with Crippen LogP contribution in [0.15, 0.2) is 24.3 Å². The van der Waals surface area contributed by atoms with Crippen molar-refractivity contribution < 1.29 is 14.3 Å². The van der Waals surface area contributed by atoms with Gasteiger partial charge in [-0.3, -0.25) is 9.59 Å². The summed E-state index contributed by atoms with van der Waals surface area (Å²) in [6.07, 6.45) is 0.252. The maximum absolute atomic E-state index is 11.4. The summed E-state index contributed by atoms with van der Waals surface area (Å²) >= 11 is 0. The fourth-order valence-corrected chi connectivity index (χ4v) is 1.40. The van der Waals surface area contributed by atoms with Crippen LogP contribution in [0, 0.1) is 0 Å². The van der Waals surface area contributed by atoms with E-state index in [1.54, 1.807) is 0 Å². The number of benzene rings is 1. The molecule has 0 saturated carbocycles. The van der Waals surface area contributed by atoms with Crippen LogP contribution in [0.2, 0.25) is 0 Å². The molecule has 5 nitrogen and oxygen atoms in total. The van der Waals surface area contributed by atoms with E-state index >= 15 is 0 Å². The molecule has 0 bridgehead atoms. The Morgan fingerprint density at radius 3 is 2.26 bits per heavy atom. The van der Waals surface area contributed by atoms with Gasteiger partial charge in [-0.1, -0.05) is 24.3 Å². The van der Waals surface area contributed by atoms with Crippen LogP contribution in [-0.2, 0) is 27.4 Å². The number of hydrogen-bond acceptors (Lipinski definition) is 4. The molecule has 0 atom stereocenters. The van der Waals surface area contributed by atoms with Crippen LogP contribution >= 0.6 is 12.4 Å². The Morgan fingerprint density at radius 1 is 1.16 bits per heavy atom. The van der Waals surface area contributed by atoms with Crippen molar-refractivity contribution in [3.05, 3.63) is 35.4 Å². The molecule has 0 aliphatic rings. The number of methoxy groups -OCH3 is 1. The second kappa shape index (κ2) is 9.35. The number of nitrogens with two attached hydrogens (primary N) is 1. The van der Waals surface area contributed by atoms with Gasteiger partial charge >= 0.3 is 5.97 Å². The van der Waals surface area contributed by atoms with Crippen LogP contribution in [0.5, 0.6) is 0 Å². The van der Waals surface area contributed by atoms with Gasteiger partial charge in [0.2, 0.25) is 5.91 Å². The van der Waals surface area contributed by atoms with E-state index in [1.807, 2.05) is 24.3 Å². The second-order valence-corrected chi connectivity index (χ2v) is 3.87. The Kier molecular flexibility index (Phi) is 8.57. The highest BCUT2D eigenvalue weighted by molar-refractivity contribution is 5.85. The quantitative estimate of drug-likeness (QED) is 0.768. The van der Waals surface area contributed by atoms with Crippen LogP contribution < -0.4 is 11.1 Å². The van der Waals surface area contributed by atoms with Crippen LogP contribution in [0.3, 0.4) is 0 Å². The average molecular weight is 287 g/mol. The summed E-state index contributed by atoms with van der Waals surface area (Å²) in [5.74, 6) is -0.541. The normalized spacial score (nSPS) is 9.37. The topological polar surface area (TPSA) is 81.4 Å². The minimum Gasteiger partial charge on any atom is -0.469 e. The lowest BCUT2D eigenvalue weighted by Gasteiger charge is -2.05. The maximum atomic E-state index is 11.4. The lowest BCUT2D eigenvalue weighted by atomic mass is 10.1. The van der Waals surface area contributed by atoms with Crippen LogP contribution in [-0.4, -0.2) is 19.0 Å². The molecule has 0 heterocycles. The summed E-state index contributed by atoms with van der Waals surface area (Å²) in [6.45, 7) is 0.955. The summed E-state index contributed by atoms with van der Waals surface area (Å²) in [4.78, 5) is 22.3. The Morgan fingerprint density at radius 2 is 1.74 bits per heavy atom. The zero-order valence-electron chi connectivity index (χ0n) is 10.8. The van der Waals surface area contributed by atoms with Crippen molar-refractivity contribution in [1.29, 1.82) is 0 Å². The smallest absolute Gasteiger partial charge is 0.306 e. The first kappa shape index (κ1) is 17.4. The molecule has 1 aromatic carbocycles. The maximum Gasteiger partial charge on any atom is 0.306 e. The summed E-state index contributed by atoms with van der Waals surface area (Å²) in [7, 11) is 1.30. The van der Waals surface area contributed by atoms with Gasteiger partial charge in [-0.2, -0.15) is 0 Å². The largest absolute Gasteiger partial charge is 0.469 e. The minimum absolute atomic E-state index is 0. The molecule has 0 aromatic heterocycles. The highest BCUT2D eigenvalue weighted by atomic mass is 35.5. The van der Waals surface area contributed by atoms with Crippen molar-refractivity contribution in [3.8, 4) is 0 Å². The Labute approximate surface area is 118 Å². The molecule has 106 valence electrons. The highest BCUT2D eigenvalue weighted by Crippen LogP contribution is 2.03. The predicted octanol–water partition coefficient (Wildman–Crippen LogP) is 1.14. The molecule has 0 radical (unpaired) electrons. The van der Waals surface area contributed by atoms with E-state index in [0.29, 0.717) is 13.1 Å². The first-order valence-electron chi connectivity index (χ1n) is 5.77. The number of hydrogen-bond donors (Lipinski definition) is 2. The van der Waals surface area contributed by atoms with Gasteiger partial charge in [-0.25, -0.2) is 0 Å². The first-order chi connectivity index (χ1) is 8.65. The fraction of sp³-hybridized carbons (Fsp3) is 0.385. The third-order valence-electron chi connectivity index (χ3n) is 2.53. The van der Waals surface area contributed by atoms with Crippen molar-refractivity contribution in [1.82, 2.24) is 5.32 Å². The summed E-state index contributed by atoms with van der Waals surface area (Å²) in [5.41, 5.74) is 7.54. The number of amides is 1. The molecular weight excluding hydrogens is 268 g/mol. The number of halogens is 1. The molecule has 0 spiro atoms. The molecule has 0 aliphatic heterocycles. The number of ether oxygens (including phenoxy) is 1. The van der Waals surface area contributed by atoms with Crippen molar-refractivity contribution in [2.45, 2.75) is 25.9 Å². The highest BCUT2D eigenvalue weighted by Gasteiger charge is 2.06. The van der Waals surface area contributed by atoms with Crippen LogP contribution in [0.25, 0.3) is 0 Å². The molecule has 0 saturated heterocycles. The molecule has 0 fully saturated rings. The Hall–Kier alpha value is -1.59. The Bertz CT molecular complexity index is 407. The van der Waals surface area contributed by atoms with Crippen molar-refractivity contribution >= 4 is 24.3 Å². The van der Waals surface area contributed by atoms with Crippen molar-refractivity contribution in [2.75, 3.05) is 7.11 Å². The summed E-state index contributed by atoms with van der Waals surface area (Å²) in [5, 5.41) is 2.74. The zero-order valence-corrected chi connectivity index (χ0v) is 11.7. The zero-order chi connectivity index (χ0) is 13.4. The molecule has 1 aromatic rings. The molecule has 19 heavy (non-hydrogen) atoms. The van der Waals surface area contributed by atoms with E-state index < -0.39 is 0 Å². The van der Waals surface area contributed by atoms with Crippen molar-refractivity contribution in [2.24, 2.45) is 5.73 Å². The third-order valence-corrected chi connectivity index (χ3v) is 2.53.